The van der Waals surface area contributed by atoms with Gasteiger partial charge in [0.15, 0.2) is 0 Å². The summed E-state index contributed by atoms with van der Waals surface area (Å²) >= 11 is 3.37. The van der Waals surface area contributed by atoms with E-state index in [2.05, 4.69) is 15.9 Å². The molecule has 0 spiro atoms. The molecule has 3 nitrogen and oxygen atoms in total. The van der Waals surface area contributed by atoms with Gasteiger partial charge in [0.25, 0.3) is 0 Å². The minimum atomic E-state index is -0.357. The topological polar surface area (TPSA) is 35.5 Å². The molecule has 4 heteroatoms. The quantitative estimate of drug-likeness (QED) is 0.754. The smallest absolute Gasteiger partial charge is 0.147 e. The van der Waals surface area contributed by atoms with Crippen molar-refractivity contribution in [3.63, 3.8) is 0 Å². The molecule has 0 radical (unpaired) electrons. The molecular formula is C13H17BrO3. The summed E-state index contributed by atoms with van der Waals surface area (Å²) < 4.78 is 10.9. The van der Waals surface area contributed by atoms with Gasteiger partial charge < -0.3 is 9.47 Å². The molecule has 1 aromatic rings. The van der Waals surface area contributed by atoms with Gasteiger partial charge in [0.2, 0.25) is 0 Å². The van der Waals surface area contributed by atoms with Crippen molar-refractivity contribution >= 4 is 21.7 Å². The van der Waals surface area contributed by atoms with Crippen molar-refractivity contribution in [2.75, 3.05) is 13.2 Å². The predicted octanol–water partition coefficient (Wildman–Crippen LogP) is 3.51. The van der Waals surface area contributed by atoms with Crippen LogP contribution in [0.4, 0.5) is 0 Å². The standard InChI is InChI=1S/C13H17BrO3/c1-4-16-10-6-7-12(17-5-2)11(8-10)13(14)9(3)15/h6-8,13H,4-5H2,1-3H3. The Kier molecular flexibility index (Phi) is 5.48. The van der Waals surface area contributed by atoms with E-state index in [1.54, 1.807) is 6.92 Å². The second-order valence-corrected chi connectivity index (χ2v) is 4.45. The third-order valence-electron chi connectivity index (χ3n) is 2.22. The molecule has 0 aromatic heterocycles. The van der Waals surface area contributed by atoms with Gasteiger partial charge in [0, 0.05) is 5.56 Å². The highest BCUT2D eigenvalue weighted by molar-refractivity contribution is 9.09. The van der Waals surface area contributed by atoms with E-state index in [0.29, 0.717) is 19.0 Å². The molecule has 0 fully saturated rings. The monoisotopic (exact) mass is 300 g/mol. The van der Waals surface area contributed by atoms with E-state index in [1.807, 2.05) is 32.0 Å². The molecular weight excluding hydrogens is 284 g/mol. The lowest BCUT2D eigenvalue weighted by molar-refractivity contribution is -0.116. The molecule has 1 rings (SSSR count). The fraction of sp³-hybridized carbons (Fsp3) is 0.462. The highest BCUT2D eigenvalue weighted by Gasteiger charge is 2.18. The van der Waals surface area contributed by atoms with Gasteiger partial charge in [0.1, 0.15) is 22.1 Å². The highest BCUT2D eigenvalue weighted by atomic mass is 79.9. The van der Waals surface area contributed by atoms with E-state index < -0.39 is 0 Å². The molecule has 0 N–H and O–H groups in total. The van der Waals surface area contributed by atoms with Crippen LogP contribution in [0.5, 0.6) is 11.5 Å². The molecule has 0 saturated heterocycles. The fourth-order valence-corrected chi connectivity index (χ4v) is 1.84. The highest BCUT2D eigenvalue weighted by Crippen LogP contribution is 2.34. The first-order chi connectivity index (χ1) is 8.10. The van der Waals surface area contributed by atoms with Gasteiger partial charge in [-0.15, -0.1) is 0 Å². The summed E-state index contributed by atoms with van der Waals surface area (Å²) in [5.41, 5.74) is 0.810. The van der Waals surface area contributed by atoms with E-state index in [-0.39, 0.29) is 10.6 Å². The van der Waals surface area contributed by atoms with Gasteiger partial charge >= 0.3 is 0 Å². The van der Waals surface area contributed by atoms with Crippen LogP contribution < -0.4 is 9.47 Å². The van der Waals surface area contributed by atoms with Crippen LogP contribution in [0.15, 0.2) is 18.2 Å². The van der Waals surface area contributed by atoms with Crippen molar-refractivity contribution in [2.45, 2.75) is 25.6 Å². The molecule has 94 valence electrons. The second kappa shape index (κ2) is 6.64. The lowest BCUT2D eigenvalue weighted by atomic mass is 10.1. The third kappa shape index (κ3) is 3.73. The number of alkyl halides is 1. The van der Waals surface area contributed by atoms with Crippen LogP contribution in [0.1, 0.15) is 31.2 Å². The van der Waals surface area contributed by atoms with Crippen molar-refractivity contribution in [3.8, 4) is 11.5 Å². The molecule has 0 aliphatic heterocycles. The number of rotatable bonds is 6. The summed E-state index contributed by atoms with van der Waals surface area (Å²) in [6.07, 6.45) is 0. The van der Waals surface area contributed by atoms with Crippen molar-refractivity contribution < 1.29 is 14.3 Å². The van der Waals surface area contributed by atoms with E-state index in [9.17, 15) is 4.79 Å². The summed E-state index contributed by atoms with van der Waals surface area (Å²) in [4.78, 5) is 11.1. The Balaban J connectivity index is 3.10. The zero-order valence-corrected chi connectivity index (χ0v) is 11.9. The first kappa shape index (κ1) is 14.0. The summed E-state index contributed by atoms with van der Waals surface area (Å²) in [7, 11) is 0. The Morgan fingerprint density at radius 1 is 1.29 bits per heavy atom. The molecule has 17 heavy (non-hydrogen) atoms. The number of hydrogen-bond donors (Lipinski definition) is 0. The molecule has 0 aliphatic carbocycles. The van der Waals surface area contributed by atoms with Crippen molar-refractivity contribution in [1.29, 1.82) is 0 Å². The maximum Gasteiger partial charge on any atom is 0.147 e. The van der Waals surface area contributed by atoms with Crippen molar-refractivity contribution in [2.24, 2.45) is 0 Å². The van der Waals surface area contributed by atoms with E-state index in [1.165, 1.54) is 0 Å². The van der Waals surface area contributed by atoms with Gasteiger partial charge in [-0.1, -0.05) is 15.9 Å². The molecule has 0 aliphatic rings. The van der Waals surface area contributed by atoms with Crippen molar-refractivity contribution in [3.05, 3.63) is 23.8 Å². The fourth-order valence-electron chi connectivity index (χ4n) is 1.49. The van der Waals surface area contributed by atoms with Crippen LogP contribution in [-0.4, -0.2) is 19.0 Å². The Morgan fingerprint density at radius 2 is 1.94 bits per heavy atom. The zero-order valence-electron chi connectivity index (χ0n) is 10.3. The summed E-state index contributed by atoms with van der Waals surface area (Å²) in [5.74, 6) is 1.50. The Hall–Kier alpha value is -1.03. The number of carbonyl (C=O) groups excluding carboxylic acids is 1. The molecule has 1 atom stereocenters. The number of ketones is 1. The van der Waals surface area contributed by atoms with Gasteiger partial charge in [-0.05, 0) is 39.0 Å². The molecule has 0 amide bonds. The van der Waals surface area contributed by atoms with Crippen LogP contribution in [0.25, 0.3) is 0 Å². The summed E-state index contributed by atoms with van der Waals surface area (Å²) in [5, 5.41) is 0. The second-order valence-electron chi connectivity index (χ2n) is 3.54. The average molecular weight is 301 g/mol. The SMILES string of the molecule is CCOc1ccc(OCC)c(C(Br)C(C)=O)c1. The van der Waals surface area contributed by atoms with Crippen LogP contribution in [0.2, 0.25) is 0 Å². The van der Waals surface area contributed by atoms with Gasteiger partial charge in [0.05, 0.1) is 13.2 Å². The molecule has 1 unspecified atom stereocenters. The Labute approximate surface area is 110 Å². The Morgan fingerprint density at radius 3 is 2.47 bits per heavy atom. The Bertz CT molecular complexity index is 390. The summed E-state index contributed by atoms with van der Waals surface area (Å²) in [6.45, 7) is 6.55. The maximum atomic E-state index is 11.4. The van der Waals surface area contributed by atoms with Crippen LogP contribution in [0, 0.1) is 0 Å². The molecule has 0 bridgehead atoms. The molecule has 1 aromatic carbocycles. The van der Waals surface area contributed by atoms with Gasteiger partial charge in [-0.2, -0.15) is 0 Å². The minimum absolute atomic E-state index is 0.0413. The van der Waals surface area contributed by atoms with Crippen LogP contribution in [-0.2, 0) is 4.79 Å². The first-order valence-electron chi connectivity index (χ1n) is 5.64. The molecule has 0 heterocycles. The number of halogens is 1. The largest absolute Gasteiger partial charge is 0.494 e. The predicted molar refractivity (Wildman–Crippen MR) is 71.1 cm³/mol. The van der Waals surface area contributed by atoms with Crippen molar-refractivity contribution in [1.82, 2.24) is 0 Å². The number of hydrogen-bond acceptors (Lipinski definition) is 3. The number of benzene rings is 1. The molecule has 0 saturated carbocycles. The number of Topliss-reactive ketones (excluding diaryl/α,β-unsaturated/α-hetero) is 1. The van der Waals surface area contributed by atoms with Crippen LogP contribution in [0.3, 0.4) is 0 Å². The van der Waals surface area contributed by atoms with Gasteiger partial charge in [-0.3, -0.25) is 4.79 Å². The average Bonchev–Trinajstić information content (AvgIpc) is 2.30. The maximum absolute atomic E-state index is 11.4. The van der Waals surface area contributed by atoms with Crippen LogP contribution >= 0.6 is 15.9 Å². The lowest BCUT2D eigenvalue weighted by Crippen LogP contribution is -2.05. The van der Waals surface area contributed by atoms with Gasteiger partial charge in [-0.25, -0.2) is 0 Å². The minimum Gasteiger partial charge on any atom is -0.494 e. The number of ether oxygens (including phenoxy) is 2. The number of carbonyl (C=O) groups is 1. The van der Waals surface area contributed by atoms with E-state index in [0.717, 1.165) is 11.3 Å². The summed E-state index contributed by atoms with van der Waals surface area (Å²) in [6, 6.07) is 5.52. The lowest BCUT2D eigenvalue weighted by Gasteiger charge is -2.15. The zero-order chi connectivity index (χ0) is 12.8. The van der Waals surface area contributed by atoms with E-state index in [4.69, 9.17) is 9.47 Å². The van der Waals surface area contributed by atoms with E-state index >= 15 is 0 Å². The first-order valence-corrected chi connectivity index (χ1v) is 6.55. The normalized spacial score (nSPS) is 12.0. The third-order valence-corrected chi connectivity index (χ3v) is 3.36.